The largest absolute Gasteiger partial charge is 0.396 e. The SMILES string of the molecule is CC(CO)CNC(=O)/C(C#N)=C/c1ccc(-c2ccc3cc(NCCN4CCOCC4)ccc3c2)s1. The molecule has 2 heterocycles. The molecule has 188 valence electrons. The smallest absolute Gasteiger partial charge is 0.261 e. The lowest BCUT2D eigenvalue weighted by molar-refractivity contribution is -0.117. The van der Waals surface area contributed by atoms with E-state index < -0.39 is 5.91 Å². The summed E-state index contributed by atoms with van der Waals surface area (Å²) in [7, 11) is 0. The zero-order valence-corrected chi connectivity index (χ0v) is 21.3. The molecule has 3 N–H and O–H groups in total. The predicted molar refractivity (Wildman–Crippen MR) is 146 cm³/mol. The molecule has 0 bridgehead atoms. The number of anilines is 1. The van der Waals surface area contributed by atoms with Crippen molar-refractivity contribution < 1.29 is 14.6 Å². The molecule has 0 spiro atoms. The standard InChI is InChI=1S/C28H32N4O3S/c1-20(19-33)18-31-28(34)24(17-29)16-26-6-7-27(36-26)23-3-2-22-15-25(5-4-21(22)14-23)30-8-9-32-10-12-35-13-11-32/h2-7,14-16,20,30,33H,8-13,18-19H2,1H3,(H,31,34)/b24-16+. The second kappa shape index (κ2) is 12.7. The van der Waals surface area contributed by atoms with E-state index in [0.717, 1.165) is 65.8 Å². The Morgan fingerprint density at radius 2 is 1.97 bits per heavy atom. The number of morpholine rings is 1. The van der Waals surface area contributed by atoms with Gasteiger partial charge in [-0.05, 0) is 58.7 Å². The van der Waals surface area contributed by atoms with E-state index in [1.807, 2.05) is 25.1 Å². The lowest BCUT2D eigenvalue weighted by Crippen LogP contribution is -2.38. The molecule has 0 radical (unpaired) electrons. The molecule has 7 nitrogen and oxygen atoms in total. The number of nitriles is 1. The first-order chi connectivity index (χ1) is 17.6. The van der Waals surface area contributed by atoms with Gasteiger partial charge >= 0.3 is 0 Å². The summed E-state index contributed by atoms with van der Waals surface area (Å²) in [5.74, 6) is -0.482. The van der Waals surface area contributed by atoms with Gasteiger partial charge in [0, 0.05) is 54.8 Å². The summed E-state index contributed by atoms with van der Waals surface area (Å²) >= 11 is 1.54. The molecule has 2 aromatic carbocycles. The molecule has 0 aliphatic carbocycles. The third-order valence-corrected chi connectivity index (χ3v) is 7.27. The van der Waals surface area contributed by atoms with Crippen LogP contribution in [0.4, 0.5) is 5.69 Å². The van der Waals surface area contributed by atoms with Crippen LogP contribution in [0.1, 0.15) is 11.8 Å². The molecule has 1 aliphatic heterocycles. The Hall–Kier alpha value is -3.22. The average Bonchev–Trinajstić information content (AvgIpc) is 3.39. The lowest BCUT2D eigenvalue weighted by Gasteiger charge is -2.26. The number of carbonyl (C=O) groups excluding carboxylic acids is 1. The number of nitrogens with one attached hydrogen (secondary N) is 2. The summed E-state index contributed by atoms with van der Waals surface area (Å²) in [4.78, 5) is 16.6. The van der Waals surface area contributed by atoms with E-state index in [1.165, 1.54) is 16.7 Å². The van der Waals surface area contributed by atoms with Gasteiger partial charge in [0.05, 0.1) is 13.2 Å². The monoisotopic (exact) mass is 504 g/mol. The number of nitrogens with zero attached hydrogens (tertiary/aromatic N) is 2. The van der Waals surface area contributed by atoms with Crippen LogP contribution in [0.25, 0.3) is 27.3 Å². The molecular formula is C28H32N4O3S. The maximum absolute atomic E-state index is 12.3. The normalized spacial score (nSPS) is 15.4. The van der Waals surface area contributed by atoms with Gasteiger partial charge in [-0.15, -0.1) is 11.3 Å². The minimum absolute atomic E-state index is 0.0152. The van der Waals surface area contributed by atoms with E-state index in [9.17, 15) is 10.1 Å². The maximum Gasteiger partial charge on any atom is 0.261 e. The van der Waals surface area contributed by atoms with Crippen molar-refractivity contribution in [1.29, 1.82) is 5.26 Å². The topological polar surface area (TPSA) is 97.6 Å². The molecular weight excluding hydrogens is 472 g/mol. The Labute approximate surface area is 216 Å². The Bertz CT molecular complexity index is 1260. The van der Waals surface area contributed by atoms with E-state index in [0.29, 0.717) is 6.54 Å². The molecule has 1 aromatic heterocycles. The fourth-order valence-electron chi connectivity index (χ4n) is 4.00. The first kappa shape index (κ1) is 25.9. The first-order valence-electron chi connectivity index (χ1n) is 12.2. The van der Waals surface area contributed by atoms with Crippen LogP contribution in [0.5, 0.6) is 0 Å². The van der Waals surface area contributed by atoms with E-state index >= 15 is 0 Å². The van der Waals surface area contributed by atoms with Gasteiger partial charge in [-0.25, -0.2) is 0 Å². The van der Waals surface area contributed by atoms with Crippen molar-refractivity contribution in [3.8, 4) is 16.5 Å². The third kappa shape index (κ3) is 6.93. The quantitative estimate of drug-likeness (QED) is 0.286. The summed E-state index contributed by atoms with van der Waals surface area (Å²) in [5, 5.41) is 27.1. The zero-order valence-electron chi connectivity index (χ0n) is 20.5. The van der Waals surface area contributed by atoms with Crippen molar-refractivity contribution in [2.45, 2.75) is 6.92 Å². The number of fused-ring (bicyclic) bond motifs is 1. The van der Waals surface area contributed by atoms with Gasteiger partial charge in [-0.3, -0.25) is 9.69 Å². The number of thiophene rings is 1. The number of benzene rings is 2. The van der Waals surface area contributed by atoms with Crippen LogP contribution in [-0.2, 0) is 9.53 Å². The Morgan fingerprint density at radius 3 is 2.75 bits per heavy atom. The maximum atomic E-state index is 12.3. The van der Waals surface area contributed by atoms with Crippen LogP contribution in [0.2, 0.25) is 0 Å². The highest BCUT2D eigenvalue weighted by Gasteiger charge is 2.12. The summed E-state index contributed by atoms with van der Waals surface area (Å²) in [6, 6.07) is 18.7. The second-order valence-electron chi connectivity index (χ2n) is 9.03. The molecule has 1 amide bonds. The van der Waals surface area contributed by atoms with Gasteiger partial charge in [0.15, 0.2) is 0 Å². The van der Waals surface area contributed by atoms with Crippen molar-refractivity contribution in [2.24, 2.45) is 5.92 Å². The van der Waals surface area contributed by atoms with E-state index in [-0.39, 0.29) is 18.1 Å². The molecule has 1 saturated heterocycles. The van der Waals surface area contributed by atoms with Gasteiger partial charge in [0.1, 0.15) is 11.6 Å². The van der Waals surface area contributed by atoms with Gasteiger partial charge in [0.2, 0.25) is 0 Å². The van der Waals surface area contributed by atoms with Crippen LogP contribution in [0, 0.1) is 17.2 Å². The van der Waals surface area contributed by atoms with E-state index in [2.05, 4.69) is 51.9 Å². The number of aliphatic hydroxyl groups excluding tert-OH is 1. The van der Waals surface area contributed by atoms with Crippen molar-refractivity contribution in [3.05, 3.63) is 59.0 Å². The number of rotatable bonds is 10. The highest BCUT2D eigenvalue weighted by atomic mass is 32.1. The third-order valence-electron chi connectivity index (χ3n) is 6.19. The number of amides is 1. The molecule has 8 heteroatoms. The number of aliphatic hydroxyl groups is 1. The average molecular weight is 505 g/mol. The van der Waals surface area contributed by atoms with Crippen LogP contribution in [0.15, 0.2) is 54.1 Å². The van der Waals surface area contributed by atoms with Crippen molar-refractivity contribution in [3.63, 3.8) is 0 Å². The van der Waals surface area contributed by atoms with Crippen LogP contribution in [-0.4, -0.2) is 68.5 Å². The number of ether oxygens (including phenoxy) is 1. The van der Waals surface area contributed by atoms with E-state index in [4.69, 9.17) is 9.84 Å². The first-order valence-corrected chi connectivity index (χ1v) is 13.1. The van der Waals surface area contributed by atoms with Crippen LogP contribution in [0.3, 0.4) is 0 Å². The summed E-state index contributed by atoms with van der Waals surface area (Å²) < 4.78 is 5.41. The minimum Gasteiger partial charge on any atom is -0.396 e. The molecule has 4 rings (SSSR count). The summed E-state index contributed by atoms with van der Waals surface area (Å²) in [5.41, 5.74) is 2.27. The Balaban J connectivity index is 1.40. The Morgan fingerprint density at radius 1 is 1.19 bits per heavy atom. The molecule has 1 fully saturated rings. The summed E-state index contributed by atoms with van der Waals surface area (Å²) in [6.45, 7) is 7.68. The highest BCUT2D eigenvalue weighted by molar-refractivity contribution is 7.16. The van der Waals surface area contributed by atoms with Crippen LogP contribution < -0.4 is 10.6 Å². The van der Waals surface area contributed by atoms with Crippen molar-refractivity contribution in [2.75, 3.05) is 57.9 Å². The zero-order chi connectivity index (χ0) is 25.3. The number of hydrogen-bond acceptors (Lipinski definition) is 7. The molecule has 1 aliphatic rings. The van der Waals surface area contributed by atoms with E-state index in [1.54, 1.807) is 6.08 Å². The van der Waals surface area contributed by atoms with Crippen molar-refractivity contribution >= 4 is 39.8 Å². The number of carbonyl (C=O) groups is 1. The molecule has 0 saturated carbocycles. The fraction of sp³-hybridized carbons (Fsp3) is 0.357. The second-order valence-corrected chi connectivity index (χ2v) is 10.1. The molecule has 36 heavy (non-hydrogen) atoms. The molecule has 1 atom stereocenters. The highest BCUT2D eigenvalue weighted by Crippen LogP contribution is 2.32. The number of hydrogen-bond donors (Lipinski definition) is 3. The van der Waals surface area contributed by atoms with Crippen LogP contribution >= 0.6 is 11.3 Å². The summed E-state index contributed by atoms with van der Waals surface area (Å²) in [6.07, 6.45) is 1.61. The van der Waals surface area contributed by atoms with Gasteiger partial charge < -0.3 is 20.5 Å². The van der Waals surface area contributed by atoms with Crippen molar-refractivity contribution in [1.82, 2.24) is 10.2 Å². The van der Waals surface area contributed by atoms with Gasteiger partial charge in [0.25, 0.3) is 5.91 Å². The predicted octanol–water partition coefficient (Wildman–Crippen LogP) is 3.96. The lowest BCUT2D eigenvalue weighted by atomic mass is 10.1. The molecule has 3 aromatic rings. The molecule has 1 unspecified atom stereocenters. The minimum atomic E-state index is -0.423. The van der Waals surface area contributed by atoms with Gasteiger partial charge in [-0.1, -0.05) is 25.1 Å². The Kier molecular flexibility index (Phi) is 9.09. The fourth-order valence-corrected chi connectivity index (χ4v) is 4.94. The van der Waals surface area contributed by atoms with Gasteiger partial charge in [-0.2, -0.15) is 5.26 Å².